The minimum absolute atomic E-state index is 1.11. The van der Waals surface area contributed by atoms with E-state index in [1.807, 2.05) is 0 Å². The zero-order valence-corrected chi connectivity index (χ0v) is 29.7. The van der Waals surface area contributed by atoms with Gasteiger partial charge in [-0.2, -0.15) is 0 Å². The lowest BCUT2D eigenvalue weighted by molar-refractivity contribution is 1.18. The molecule has 1 aromatic heterocycles. The van der Waals surface area contributed by atoms with Crippen molar-refractivity contribution in [2.45, 2.75) is 0 Å². The van der Waals surface area contributed by atoms with Gasteiger partial charge >= 0.3 is 0 Å². The maximum absolute atomic E-state index is 2.47. The lowest BCUT2D eigenvalue weighted by Gasteiger charge is -2.27. The highest BCUT2D eigenvalue weighted by atomic mass is 15.1. The van der Waals surface area contributed by atoms with Gasteiger partial charge in [0.1, 0.15) is 0 Å². The molecule has 254 valence electrons. The molecule has 0 aliphatic heterocycles. The molecule has 0 amide bonds. The first-order valence-corrected chi connectivity index (χ1v) is 18.5. The maximum atomic E-state index is 2.47. The van der Waals surface area contributed by atoms with E-state index in [-0.39, 0.29) is 0 Å². The van der Waals surface area contributed by atoms with Crippen LogP contribution in [0.15, 0.2) is 218 Å². The normalized spacial score (nSPS) is 11.3. The number of aromatic nitrogens is 1. The van der Waals surface area contributed by atoms with Crippen LogP contribution in [0, 0.1) is 0 Å². The van der Waals surface area contributed by atoms with Crippen LogP contribution in [-0.2, 0) is 0 Å². The van der Waals surface area contributed by atoms with E-state index in [9.17, 15) is 0 Å². The average molecular weight is 689 g/mol. The average Bonchev–Trinajstić information content (AvgIpc) is 3.59. The summed E-state index contributed by atoms with van der Waals surface area (Å²) in [4.78, 5) is 2.40. The molecule has 2 nitrogen and oxygen atoms in total. The lowest BCUT2D eigenvalue weighted by atomic mass is 9.91. The Balaban J connectivity index is 1.23. The van der Waals surface area contributed by atoms with Gasteiger partial charge in [-0.25, -0.2) is 0 Å². The summed E-state index contributed by atoms with van der Waals surface area (Å²) in [6.07, 6.45) is 0. The minimum Gasteiger partial charge on any atom is -0.310 e. The molecule has 0 N–H and O–H groups in total. The van der Waals surface area contributed by atoms with E-state index in [0.29, 0.717) is 0 Å². The fraction of sp³-hybridized carbons (Fsp3) is 0. The van der Waals surface area contributed by atoms with Crippen molar-refractivity contribution in [3.05, 3.63) is 218 Å². The van der Waals surface area contributed by atoms with E-state index < -0.39 is 0 Å². The largest absolute Gasteiger partial charge is 0.310 e. The summed E-state index contributed by atoms with van der Waals surface area (Å²) in [5.41, 5.74) is 14.0. The Hall–Kier alpha value is -7.16. The molecule has 0 unspecified atom stereocenters. The molecular weight excluding hydrogens is 653 g/mol. The van der Waals surface area contributed by atoms with Crippen LogP contribution in [0.25, 0.3) is 71.6 Å². The van der Waals surface area contributed by atoms with E-state index in [1.165, 1.54) is 60.4 Å². The van der Waals surface area contributed by atoms with E-state index in [1.54, 1.807) is 0 Å². The van der Waals surface area contributed by atoms with Gasteiger partial charge in [-0.1, -0.05) is 164 Å². The summed E-state index contributed by atoms with van der Waals surface area (Å²) in [5, 5.41) is 4.89. The van der Waals surface area contributed by atoms with E-state index >= 15 is 0 Å². The summed E-state index contributed by atoms with van der Waals surface area (Å²) in [5.74, 6) is 0. The molecule has 9 aromatic carbocycles. The molecule has 0 aliphatic carbocycles. The minimum atomic E-state index is 1.11. The molecule has 0 saturated heterocycles. The highest BCUT2D eigenvalue weighted by molar-refractivity contribution is 6.17. The topological polar surface area (TPSA) is 8.17 Å². The van der Waals surface area contributed by atoms with Crippen LogP contribution in [0.1, 0.15) is 0 Å². The van der Waals surface area contributed by atoms with Crippen molar-refractivity contribution in [2.75, 3.05) is 4.90 Å². The zero-order valence-electron chi connectivity index (χ0n) is 29.7. The summed E-state index contributed by atoms with van der Waals surface area (Å²) in [6, 6.07) is 78.9. The van der Waals surface area contributed by atoms with Gasteiger partial charge in [-0.15, -0.1) is 0 Å². The molecule has 0 atom stereocenters. The molecule has 10 aromatic rings. The first-order valence-electron chi connectivity index (χ1n) is 18.5. The van der Waals surface area contributed by atoms with Crippen molar-refractivity contribution in [3.8, 4) is 39.1 Å². The third-order valence-corrected chi connectivity index (χ3v) is 10.6. The molecule has 0 fully saturated rings. The summed E-state index contributed by atoms with van der Waals surface area (Å²) < 4.78 is 2.47. The van der Waals surface area contributed by atoms with Crippen molar-refractivity contribution in [1.82, 2.24) is 4.57 Å². The molecule has 1 heterocycles. The van der Waals surface area contributed by atoms with E-state index in [0.717, 1.165) is 28.3 Å². The predicted molar refractivity (Wildman–Crippen MR) is 229 cm³/mol. The predicted octanol–water partition coefficient (Wildman–Crippen LogP) is 14.4. The molecule has 0 saturated carbocycles. The Kier molecular flexibility index (Phi) is 7.85. The standard InChI is InChI=1S/C52H36N2/c1-4-16-37(17-5-1)39-32-34-44(35-33-39)53(43-22-8-3-9-23-43)49-28-15-29-50-52(49)46-24-12-13-26-47(46)54(50)48-27-14-25-45(51(48)40-19-6-2-7-20-40)42-31-30-38-18-10-11-21-41(38)36-42/h1-36H. The Morgan fingerprint density at radius 2 is 0.926 bits per heavy atom. The van der Waals surface area contributed by atoms with Gasteiger partial charge < -0.3 is 9.47 Å². The van der Waals surface area contributed by atoms with Crippen LogP contribution in [-0.4, -0.2) is 4.57 Å². The van der Waals surface area contributed by atoms with Gasteiger partial charge in [0.25, 0.3) is 0 Å². The second-order valence-corrected chi connectivity index (χ2v) is 13.7. The van der Waals surface area contributed by atoms with Crippen molar-refractivity contribution >= 4 is 49.6 Å². The Labute approximate surface area is 315 Å². The summed E-state index contributed by atoms with van der Waals surface area (Å²) in [6.45, 7) is 0. The summed E-state index contributed by atoms with van der Waals surface area (Å²) in [7, 11) is 0. The quantitative estimate of drug-likeness (QED) is 0.162. The third-order valence-electron chi connectivity index (χ3n) is 10.6. The smallest absolute Gasteiger partial charge is 0.0562 e. The number of para-hydroxylation sites is 2. The van der Waals surface area contributed by atoms with Crippen molar-refractivity contribution < 1.29 is 0 Å². The van der Waals surface area contributed by atoms with Crippen LogP contribution < -0.4 is 4.90 Å². The molecule has 2 heteroatoms. The Morgan fingerprint density at radius 1 is 0.352 bits per heavy atom. The number of hydrogen-bond acceptors (Lipinski definition) is 1. The van der Waals surface area contributed by atoms with Crippen LogP contribution in [0.5, 0.6) is 0 Å². The SMILES string of the molecule is c1ccc(-c2ccc(N(c3ccccc3)c3cccc4c3c3ccccc3n4-c3cccc(-c4ccc5ccccc5c4)c3-c3ccccc3)cc2)cc1. The maximum Gasteiger partial charge on any atom is 0.0562 e. The number of nitrogens with zero attached hydrogens (tertiary/aromatic N) is 2. The van der Waals surface area contributed by atoms with Gasteiger partial charge in [0.15, 0.2) is 0 Å². The monoisotopic (exact) mass is 688 g/mol. The highest BCUT2D eigenvalue weighted by Crippen LogP contribution is 2.46. The number of anilines is 3. The first-order chi connectivity index (χ1) is 26.8. The Morgan fingerprint density at radius 3 is 1.70 bits per heavy atom. The molecular formula is C52H36N2. The van der Waals surface area contributed by atoms with Gasteiger partial charge in [0, 0.05) is 27.7 Å². The molecule has 0 spiro atoms. The second-order valence-electron chi connectivity index (χ2n) is 13.7. The first kappa shape index (κ1) is 31.6. The fourth-order valence-electron chi connectivity index (χ4n) is 8.12. The van der Waals surface area contributed by atoms with E-state index in [4.69, 9.17) is 0 Å². The number of fused-ring (bicyclic) bond motifs is 4. The van der Waals surface area contributed by atoms with Gasteiger partial charge in [0.2, 0.25) is 0 Å². The Bertz CT molecular complexity index is 2910. The molecule has 0 bridgehead atoms. The van der Waals surface area contributed by atoms with Crippen LogP contribution in [0.4, 0.5) is 17.1 Å². The number of rotatable bonds is 7. The fourth-order valence-corrected chi connectivity index (χ4v) is 8.12. The van der Waals surface area contributed by atoms with Crippen molar-refractivity contribution in [3.63, 3.8) is 0 Å². The summed E-state index contributed by atoms with van der Waals surface area (Å²) >= 11 is 0. The van der Waals surface area contributed by atoms with Gasteiger partial charge in [0.05, 0.1) is 22.4 Å². The molecule has 54 heavy (non-hydrogen) atoms. The third kappa shape index (κ3) is 5.44. The lowest BCUT2D eigenvalue weighted by Crippen LogP contribution is -2.10. The van der Waals surface area contributed by atoms with Crippen LogP contribution >= 0.6 is 0 Å². The van der Waals surface area contributed by atoms with Gasteiger partial charge in [-0.05, 0) is 93.2 Å². The number of benzene rings is 9. The number of hydrogen-bond donors (Lipinski definition) is 0. The molecule has 0 aliphatic rings. The van der Waals surface area contributed by atoms with Crippen LogP contribution in [0.3, 0.4) is 0 Å². The van der Waals surface area contributed by atoms with Crippen molar-refractivity contribution in [2.24, 2.45) is 0 Å². The zero-order chi connectivity index (χ0) is 35.8. The second kappa shape index (κ2) is 13.4. The molecule has 10 rings (SSSR count). The molecule has 0 radical (unpaired) electrons. The van der Waals surface area contributed by atoms with Crippen molar-refractivity contribution in [1.29, 1.82) is 0 Å². The highest BCUT2D eigenvalue weighted by Gasteiger charge is 2.23. The van der Waals surface area contributed by atoms with Gasteiger partial charge in [-0.3, -0.25) is 0 Å². The van der Waals surface area contributed by atoms with E-state index in [2.05, 4.69) is 228 Å². The van der Waals surface area contributed by atoms with Crippen LogP contribution in [0.2, 0.25) is 0 Å².